The van der Waals surface area contributed by atoms with E-state index in [1.165, 1.54) is 12.1 Å². The number of carboxylic acid groups (broad SMARTS) is 1. The second-order valence-electron chi connectivity index (χ2n) is 4.17. The van der Waals surface area contributed by atoms with Crippen LogP contribution in [0.3, 0.4) is 0 Å². The van der Waals surface area contributed by atoms with Gasteiger partial charge in [-0.15, -0.1) is 0 Å². The van der Waals surface area contributed by atoms with Gasteiger partial charge in [-0.25, -0.2) is 4.79 Å². The molecule has 2 rings (SSSR count). The number of anilines is 1. The van der Waals surface area contributed by atoms with Crippen LogP contribution in [0.2, 0.25) is 0 Å². The maximum Gasteiger partial charge on any atom is 0.335 e. The minimum Gasteiger partial charge on any atom is -0.478 e. The lowest BCUT2D eigenvalue weighted by atomic mass is 10.2. The molecule has 2 N–H and O–H groups in total. The molecule has 1 heterocycles. The molecule has 1 aromatic carbocycles. The number of nitrogens with one attached hydrogen (secondary N) is 1. The van der Waals surface area contributed by atoms with Crippen molar-refractivity contribution in [1.29, 1.82) is 0 Å². The van der Waals surface area contributed by atoms with E-state index < -0.39 is 5.97 Å². The van der Waals surface area contributed by atoms with Gasteiger partial charge < -0.3 is 14.8 Å². The Kier molecular flexibility index (Phi) is 3.37. The van der Waals surface area contributed by atoms with Crippen LogP contribution >= 0.6 is 0 Å². The van der Waals surface area contributed by atoms with Gasteiger partial charge in [0.25, 0.3) is 5.91 Å². The van der Waals surface area contributed by atoms with Gasteiger partial charge in [-0.1, -0.05) is 6.07 Å². The van der Waals surface area contributed by atoms with E-state index in [-0.39, 0.29) is 11.5 Å². The third-order valence-electron chi connectivity index (χ3n) is 2.65. The summed E-state index contributed by atoms with van der Waals surface area (Å²) in [5, 5.41) is 11.5. The predicted octanol–water partition coefficient (Wildman–Crippen LogP) is 2.85. The van der Waals surface area contributed by atoms with Crippen LogP contribution in [0, 0.1) is 13.8 Å². The first-order valence-electron chi connectivity index (χ1n) is 5.69. The lowest BCUT2D eigenvalue weighted by Gasteiger charge is -2.05. The van der Waals surface area contributed by atoms with Gasteiger partial charge in [-0.05, 0) is 38.1 Å². The molecule has 0 aliphatic heterocycles. The molecule has 0 radical (unpaired) electrons. The van der Waals surface area contributed by atoms with Gasteiger partial charge >= 0.3 is 5.97 Å². The van der Waals surface area contributed by atoms with Crippen molar-refractivity contribution >= 4 is 17.6 Å². The molecule has 0 unspecified atom stereocenters. The maximum atomic E-state index is 12.0. The van der Waals surface area contributed by atoms with Crippen molar-refractivity contribution in [2.45, 2.75) is 13.8 Å². The quantitative estimate of drug-likeness (QED) is 0.888. The molecule has 98 valence electrons. The van der Waals surface area contributed by atoms with E-state index >= 15 is 0 Å². The van der Waals surface area contributed by atoms with Crippen LogP contribution in [0.15, 0.2) is 34.7 Å². The number of rotatable bonds is 3. The molecule has 1 amide bonds. The Morgan fingerprint density at radius 2 is 1.95 bits per heavy atom. The molecule has 0 atom stereocenters. The lowest BCUT2D eigenvalue weighted by Crippen LogP contribution is -2.12. The summed E-state index contributed by atoms with van der Waals surface area (Å²) in [6.45, 7) is 3.46. The SMILES string of the molecule is Cc1cc(C(=O)Nc2cccc(C(=O)O)c2)c(C)o1. The zero-order chi connectivity index (χ0) is 14.0. The fourth-order valence-corrected chi connectivity index (χ4v) is 1.78. The van der Waals surface area contributed by atoms with Crippen molar-refractivity contribution < 1.29 is 19.1 Å². The molecule has 0 aliphatic carbocycles. The highest BCUT2D eigenvalue weighted by molar-refractivity contribution is 6.05. The number of hydrogen-bond acceptors (Lipinski definition) is 3. The summed E-state index contributed by atoms with van der Waals surface area (Å²) in [5.41, 5.74) is 0.999. The summed E-state index contributed by atoms with van der Waals surface area (Å²) in [6, 6.07) is 7.72. The Morgan fingerprint density at radius 3 is 2.53 bits per heavy atom. The molecule has 1 aromatic heterocycles. The first-order chi connectivity index (χ1) is 8.97. The van der Waals surface area contributed by atoms with Crippen molar-refractivity contribution in [3.63, 3.8) is 0 Å². The van der Waals surface area contributed by atoms with Crippen LogP contribution in [0.5, 0.6) is 0 Å². The van der Waals surface area contributed by atoms with E-state index in [1.54, 1.807) is 32.0 Å². The molecule has 5 nitrogen and oxygen atoms in total. The molecule has 0 aliphatic rings. The van der Waals surface area contributed by atoms with Crippen molar-refractivity contribution in [3.8, 4) is 0 Å². The van der Waals surface area contributed by atoms with Gasteiger partial charge in [0.1, 0.15) is 11.5 Å². The highest BCUT2D eigenvalue weighted by atomic mass is 16.4. The monoisotopic (exact) mass is 259 g/mol. The Balaban J connectivity index is 2.21. The minimum absolute atomic E-state index is 0.123. The maximum absolute atomic E-state index is 12.0. The van der Waals surface area contributed by atoms with Gasteiger partial charge in [-0.3, -0.25) is 4.79 Å². The molecular weight excluding hydrogens is 246 g/mol. The minimum atomic E-state index is -1.04. The Labute approximate surface area is 109 Å². The smallest absolute Gasteiger partial charge is 0.335 e. The summed E-state index contributed by atoms with van der Waals surface area (Å²) in [5.74, 6) is -0.172. The zero-order valence-electron chi connectivity index (χ0n) is 10.6. The van der Waals surface area contributed by atoms with Crippen LogP contribution in [-0.2, 0) is 0 Å². The molecule has 0 spiro atoms. The molecule has 2 aromatic rings. The molecule has 19 heavy (non-hydrogen) atoms. The van der Waals surface area contributed by atoms with Crippen molar-refractivity contribution in [2.75, 3.05) is 5.32 Å². The fourth-order valence-electron chi connectivity index (χ4n) is 1.78. The number of aryl methyl sites for hydroxylation is 2. The lowest BCUT2D eigenvalue weighted by molar-refractivity contribution is 0.0696. The molecule has 5 heteroatoms. The second-order valence-corrected chi connectivity index (χ2v) is 4.17. The Hall–Kier alpha value is -2.56. The van der Waals surface area contributed by atoms with E-state index in [4.69, 9.17) is 9.52 Å². The number of amides is 1. The van der Waals surface area contributed by atoms with Crippen LogP contribution in [0.4, 0.5) is 5.69 Å². The summed E-state index contributed by atoms with van der Waals surface area (Å²) in [4.78, 5) is 22.8. The Bertz CT molecular complexity index is 643. The highest BCUT2D eigenvalue weighted by Gasteiger charge is 2.14. The number of aromatic carboxylic acids is 1. The second kappa shape index (κ2) is 4.97. The number of carboxylic acids is 1. The number of benzene rings is 1. The molecule has 0 saturated carbocycles. The van der Waals surface area contributed by atoms with Crippen LogP contribution in [0.1, 0.15) is 32.2 Å². The van der Waals surface area contributed by atoms with Crippen LogP contribution in [0.25, 0.3) is 0 Å². The number of carbonyl (C=O) groups excluding carboxylic acids is 1. The first kappa shape index (κ1) is 12.9. The third kappa shape index (κ3) is 2.82. The largest absolute Gasteiger partial charge is 0.478 e. The van der Waals surface area contributed by atoms with E-state index in [2.05, 4.69) is 5.32 Å². The number of furan rings is 1. The van der Waals surface area contributed by atoms with E-state index in [1.807, 2.05) is 0 Å². The predicted molar refractivity (Wildman–Crippen MR) is 69.5 cm³/mol. The van der Waals surface area contributed by atoms with Crippen LogP contribution < -0.4 is 5.32 Å². The average Bonchev–Trinajstić information content (AvgIpc) is 2.69. The van der Waals surface area contributed by atoms with Gasteiger partial charge in [0.2, 0.25) is 0 Å². The summed E-state index contributed by atoms with van der Waals surface area (Å²) in [6.07, 6.45) is 0. The van der Waals surface area contributed by atoms with Crippen molar-refractivity contribution in [2.24, 2.45) is 0 Å². The van der Waals surface area contributed by atoms with Gasteiger partial charge in [0.05, 0.1) is 11.1 Å². The van der Waals surface area contributed by atoms with Gasteiger partial charge in [0, 0.05) is 5.69 Å². The molecule has 0 fully saturated rings. The first-order valence-corrected chi connectivity index (χ1v) is 5.69. The van der Waals surface area contributed by atoms with Crippen LogP contribution in [-0.4, -0.2) is 17.0 Å². The summed E-state index contributed by atoms with van der Waals surface area (Å²) in [7, 11) is 0. The van der Waals surface area contributed by atoms with E-state index in [0.717, 1.165) is 0 Å². The molecular formula is C14H13NO4. The van der Waals surface area contributed by atoms with Gasteiger partial charge in [0.15, 0.2) is 0 Å². The van der Waals surface area contributed by atoms with Crippen molar-refractivity contribution in [3.05, 3.63) is 53.0 Å². The Morgan fingerprint density at radius 1 is 1.21 bits per heavy atom. The third-order valence-corrected chi connectivity index (χ3v) is 2.65. The molecule has 0 saturated heterocycles. The molecule has 0 bridgehead atoms. The average molecular weight is 259 g/mol. The topological polar surface area (TPSA) is 79.5 Å². The normalized spacial score (nSPS) is 10.2. The standard InChI is InChI=1S/C14H13NO4/c1-8-6-12(9(2)19-8)13(16)15-11-5-3-4-10(7-11)14(17)18/h3-7H,1-2H3,(H,15,16)(H,17,18). The highest BCUT2D eigenvalue weighted by Crippen LogP contribution is 2.17. The van der Waals surface area contributed by atoms with Crippen molar-refractivity contribution in [1.82, 2.24) is 0 Å². The summed E-state index contributed by atoms with van der Waals surface area (Å²) < 4.78 is 5.28. The fraction of sp³-hybridized carbons (Fsp3) is 0.143. The summed E-state index contributed by atoms with van der Waals surface area (Å²) >= 11 is 0. The zero-order valence-corrected chi connectivity index (χ0v) is 10.6. The number of carbonyl (C=O) groups is 2. The number of hydrogen-bond donors (Lipinski definition) is 2. The van der Waals surface area contributed by atoms with E-state index in [9.17, 15) is 9.59 Å². The van der Waals surface area contributed by atoms with E-state index in [0.29, 0.717) is 22.8 Å². The van der Waals surface area contributed by atoms with Gasteiger partial charge in [-0.2, -0.15) is 0 Å².